The molecule has 130 valence electrons. The molecule has 0 saturated heterocycles. The second-order valence-corrected chi connectivity index (χ2v) is 7.24. The highest BCUT2D eigenvalue weighted by Gasteiger charge is 2.17. The van der Waals surface area contributed by atoms with Crippen LogP contribution >= 0.6 is 0 Å². The summed E-state index contributed by atoms with van der Waals surface area (Å²) in [6, 6.07) is 22.8. The van der Waals surface area contributed by atoms with Crippen molar-refractivity contribution in [2.45, 2.75) is 26.4 Å². The van der Waals surface area contributed by atoms with E-state index < -0.39 is 5.60 Å². The molecule has 0 saturated carbocycles. The molecule has 0 aliphatic rings. The fraction of sp³-hybridized carbons (Fsp3) is 0.174. The van der Waals surface area contributed by atoms with Crippen LogP contribution in [0.4, 0.5) is 0 Å². The summed E-state index contributed by atoms with van der Waals surface area (Å²) in [5.41, 5.74) is 6.66. The van der Waals surface area contributed by atoms with Crippen molar-refractivity contribution in [1.29, 1.82) is 0 Å². The van der Waals surface area contributed by atoms with Crippen molar-refractivity contribution in [3.8, 4) is 16.8 Å². The minimum Gasteiger partial charge on any atom is -0.386 e. The smallest absolute Gasteiger partial charge is 0.100 e. The first-order valence-electron chi connectivity index (χ1n) is 8.80. The average molecular weight is 342 g/mol. The van der Waals surface area contributed by atoms with Crippen LogP contribution in [0.25, 0.3) is 27.8 Å². The van der Waals surface area contributed by atoms with E-state index in [1.54, 1.807) is 13.8 Å². The molecular weight excluding hydrogens is 320 g/mol. The maximum Gasteiger partial charge on any atom is 0.100 e. The van der Waals surface area contributed by atoms with Crippen LogP contribution in [-0.2, 0) is 5.60 Å². The van der Waals surface area contributed by atoms with Gasteiger partial charge in [0.1, 0.15) is 6.33 Å². The second-order valence-electron chi connectivity index (χ2n) is 7.24. The fourth-order valence-corrected chi connectivity index (χ4v) is 3.32. The zero-order valence-electron chi connectivity index (χ0n) is 15.3. The summed E-state index contributed by atoms with van der Waals surface area (Å²) in [6.45, 7) is 5.71. The van der Waals surface area contributed by atoms with Crippen molar-refractivity contribution in [2.75, 3.05) is 0 Å². The third-order valence-electron chi connectivity index (χ3n) is 4.83. The molecule has 0 radical (unpaired) electrons. The van der Waals surface area contributed by atoms with Gasteiger partial charge in [-0.05, 0) is 67.3 Å². The molecule has 4 aromatic rings. The molecule has 1 heterocycles. The van der Waals surface area contributed by atoms with Gasteiger partial charge in [-0.25, -0.2) is 4.98 Å². The van der Waals surface area contributed by atoms with Crippen LogP contribution in [-0.4, -0.2) is 14.7 Å². The van der Waals surface area contributed by atoms with E-state index in [1.165, 1.54) is 16.7 Å². The number of benzene rings is 3. The molecule has 0 amide bonds. The van der Waals surface area contributed by atoms with Gasteiger partial charge in [-0.1, -0.05) is 42.5 Å². The second kappa shape index (κ2) is 6.11. The van der Waals surface area contributed by atoms with Crippen molar-refractivity contribution in [2.24, 2.45) is 0 Å². The van der Waals surface area contributed by atoms with Crippen LogP contribution in [0.15, 0.2) is 73.1 Å². The van der Waals surface area contributed by atoms with Gasteiger partial charge in [-0.2, -0.15) is 0 Å². The highest BCUT2D eigenvalue weighted by Crippen LogP contribution is 2.28. The number of imidazole rings is 1. The highest BCUT2D eigenvalue weighted by atomic mass is 16.3. The number of nitrogens with zero attached hydrogens (tertiary/aromatic N) is 2. The summed E-state index contributed by atoms with van der Waals surface area (Å²) < 4.78 is 2.09. The molecule has 1 N–H and O–H groups in total. The van der Waals surface area contributed by atoms with E-state index >= 15 is 0 Å². The number of rotatable bonds is 3. The number of aromatic nitrogens is 2. The van der Waals surface area contributed by atoms with Gasteiger partial charge in [0.2, 0.25) is 0 Å². The predicted octanol–water partition coefficient (Wildman–Crippen LogP) is 5.23. The monoisotopic (exact) mass is 342 g/mol. The molecule has 0 aliphatic heterocycles. The first kappa shape index (κ1) is 16.6. The summed E-state index contributed by atoms with van der Waals surface area (Å²) in [6.07, 6.45) is 1.84. The van der Waals surface area contributed by atoms with Crippen molar-refractivity contribution in [1.82, 2.24) is 9.55 Å². The Morgan fingerprint density at radius 1 is 0.923 bits per heavy atom. The van der Waals surface area contributed by atoms with Crippen LogP contribution in [0, 0.1) is 6.92 Å². The Morgan fingerprint density at radius 3 is 2.50 bits per heavy atom. The molecule has 0 atom stereocenters. The van der Waals surface area contributed by atoms with E-state index in [9.17, 15) is 5.11 Å². The minimum atomic E-state index is -0.872. The van der Waals surface area contributed by atoms with E-state index in [2.05, 4.69) is 65.0 Å². The molecule has 4 rings (SSSR count). The molecule has 0 bridgehead atoms. The summed E-state index contributed by atoms with van der Waals surface area (Å²) >= 11 is 0. The Morgan fingerprint density at radius 2 is 1.73 bits per heavy atom. The number of aryl methyl sites for hydroxylation is 1. The normalized spacial score (nSPS) is 11.8. The van der Waals surface area contributed by atoms with Crippen LogP contribution < -0.4 is 0 Å². The molecule has 3 aromatic carbocycles. The Hall–Kier alpha value is -2.91. The number of fused-ring (bicyclic) bond motifs is 1. The van der Waals surface area contributed by atoms with E-state index in [-0.39, 0.29) is 0 Å². The highest BCUT2D eigenvalue weighted by molar-refractivity contribution is 5.79. The first-order chi connectivity index (χ1) is 12.4. The lowest BCUT2D eigenvalue weighted by Crippen LogP contribution is -2.15. The van der Waals surface area contributed by atoms with Gasteiger partial charge >= 0.3 is 0 Å². The van der Waals surface area contributed by atoms with Gasteiger partial charge in [0, 0.05) is 5.69 Å². The molecule has 3 heteroatoms. The van der Waals surface area contributed by atoms with Crippen LogP contribution in [0.2, 0.25) is 0 Å². The molecule has 0 spiro atoms. The van der Waals surface area contributed by atoms with E-state index in [1.807, 2.05) is 24.5 Å². The van der Waals surface area contributed by atoms with Gasteiger partial charge in [0.15, 0.2) is 0 Å². The van der Waals surface area contributed by atoms with Crippen molar-refractivity contribution in [3.05, 3.63) is 84.2 Å². The molecule has 3 nitrogen and oxygen atoms in total. The Bertz CT molecular complexity index is 1090. The average Bonchev–Trinajstić information content (AvgIpc) is 3.05. The van der Waals surface area contributed by atoms with Crippen molar-refractivity contribution >= 4 is 11.0 Å². The predicted molar refractivity (Wildman–Crippen MR) is 106 cm³/mol. The largest absolute Gasteiger partial charge is 0.386 e. The molecule has 0 aliphatic carbocycles. The Balaban J connectivity index is 1.81. The third-order valence-corrected chi connectivity index (χ3v) is 4.83. The maximum absolute atomic E-state index is 10.2. The number of aliphatic hydroxyl groups is 1. The van der Waals surface area contributed by atoms with Crippen molar-refractivity contribution in [3.63, 3.8) is 0 Å². The van der Waals surface area contributed by atoms with Crippen LogP contribution in [0.3, 0.4) is 0 Å². The van der Waals surface area contributed by atoms with Gasteiger partial charge in [0.25, 0.3) is 0 Å². The van der Waals surface area contributed by atoms with E-state index in [4.69, 9.17) is 0 Å². The third kappa shape index (κ3) is 2.91. The lowest BCUT2D eigenvalue weighted by Gasteiger charge is -2.17. The molecule has 0 fully saturated rings. The standard InChI is InChI=1S/C23H22N2O/c1-16-7-4-5-10-20(16)17-8-6-9-19(13-17)25-15-24-21-14-18(23(2,3)26)11-12-22(21)25/h4-15,26H,1-3H3. The quantitative estimate of drug-likeness (QED) is 0.554. The first-order valence-corrected chi connectivity index (χ1v) is 8.80. The Kier molecular flexibility index (Phi) is 3.89. The van der Waals surface area contributed by atoms with Gasteiger partial charge in [-0.3, -0.25) is 4.57 Å². The van der Waals surface area contributed by atoms with Crippen LogP contribution in [0.1, 0.15) is 25.0 Å². The maximum atomic E-state index is 10.2. The molecule has 0 unspecified atom stereocenters. The SMILES string of the molecule is Cc1ccccc1-c1cccc(-n2cnc3cc(C(C)(C)O)ccc32)c1. The summed E-state index contributed by atoms with van der Waals surface area (Å²) in [7, 11) is 0. The number of hydrogen-bond donors (Lipinski definition) is 1. The van der Waals surface area contributed by atoms with E-state index in [0.717, 1.165) is 22.3 Å². The fourth-order valence-electron chi connectivity index (χ4n) is 3.32. The zero-order chi connectivity index (χ0) is 18.3. The topological polar surface area (TPSA) is 38.0 Å². The lowest BCUT2D eigenvalue weighted by atomic mass is 9.98. The summed E-state index contributed by atoms with van der Waals surface area (Å²) in [4.78, 5) is 4.54. The lowest BCUT2D eigenvalue weighted by molar-refractivity contribution is 0.0787. The van der Waals surface area contributed by atoms with Gasteiger partial charge in [0.05, 0.1) is 16.6 Å². The molecular formula is C23H22N2O. The zero-order valence-corrected chi connectivity index (χ0v) is 15.3. The Labute approximate surface area is 153 Å². The molecule has 26 heavy (non-hydrogen) atoms. The van der Waals surface area contributed by atoms with Gasteiger partial charge < -0.3 is 5.11 Å². The van der Waals surface area contributed by atoms with Crippen molar-refractivity contribution < 1.29 is 5.11 Å². The molecule has 1 aromatic heterocycles. The number of hydrogen-bond acceptors (Lipinski definition) is 2. The summed E-state index contributed by atoms with van der Waals surface area (Å²) in [5.74, 6) is 0. The minimum absolute atomic E-state index is 0.865. The van der Waals surface area contributed by atoms with Crippen LogP contribution in [0.5, 0.6) is 0 Å². The van der Waals surface area contributed by atoms with E-state index in [0.29, 0.717) is 0 Å². The van der Waals surface area contributed by atoms with Gasteiger partial charge in [-0.15, -0.1) is 0 Å². The summed E-state index contributed by atoms with van der Waals surface area (Å²) in [5, 5.41) is 10.2.